The van der Waals surface area contributed by atoms with Crippen LogP contribution in [0.1, 0.15) is 40.2 Å². The molecule has 2 aromatic carbocycles. The number of para-hydroxylation sites is 1. The molecule has 0 aliphatic rings. The average molecular weight is 484 g/mol. The largest absolute Gasteiger partial charge is 0.436 e. The van der Waals surface area contributed by atoms with E-state index < -0.39 is 11.9 Å². The SMILES string of the molecule is CC(C)CN(Cc1c(-c2ccccc2)nn(C)c1Oc1ccccc1F)C[C@@H](O)COC(C)(C)C. The van der Waals surface area contributed by atoms with Gasteiger partial charge in [0.25, 0.3) is 0 Å². The van der Waals surface area contributed by atoms with Gasteiger partial charge in [-0.1, -0.05) is 56.3 Å². The minimum Gasteiger partial charge on any atom is -0.436 e. The Morgan fingerprint density at radius 1 is 1.03 bits per heavy atom. The van der Waals surface area contributed by atoms with Crippen LogP contribution >= 0.6 is 0 Å². The normalized spacial score (nSPS) is 13.0. The van der Waals surface area contributed by atoms with Crippen LogP contribution < -0.4 is 4.74 Å². The van der Waals surface area contributed by atoms with Gasteiger partial charge in [0.2, 0.25) is 5.88 Å². The number of hydrogen-bond donors (Lipinski definition) is 1. The van der Waals surface area contributed by atoms with Crippen LogP contribution in [0.2, 0.25) is 0 Å². The van der Waals surface area contributed by atoms with Crippen molar-refractivity contribution in [3.8, 4) is 22.9 Å². The van der Waals surface area contributed by atoms with Gasteiger partial charge in [-0.15, -0.1) is 0 Å². The van der Waals surface area contributed by atoms with Crippen molar-refractivity contribution < 1.29 is 19.0 Å². The van der Waals surface area contributed by atoms with Crippen molar-refractivity contribution in [2.75, 3.05) is 19.7 Å². The van der Waals surface area contributed by atoms with E-state index >= 15 is 0 Å². The van der Waals surface area contributed by atoms with E-state index in [9.17, 15) is 9.50 Å². The van der Waals surface area contributed by atoms with E-state index in [0.717, 1.165) is 23.4 Å². The number of hydrogen-bond acceptors (Lipinski definition) is 5. The van der Waals surface area contributed by atoms with Crippen LogP contribution in [-0.2, 0) is 18.3 Å². The van der Waals surface area contributed by atoms with Crippen LogP contribution in [0.5, 0.6) is 11.6 Å². The van der Waals surface area contributed by atoms with Gasteiger partial charge in [-0.25, -0.2) is 9.07 Å². The number of aryl methyl sites for hydroxylation is 1. The molecule has 1 aromatic heterocycles. The quantitative estimate of drug-likeness (QED) is 0.382. The van der Waals surface area contributed by atoms with Crippen molar-refractivity contribution in [3.63, 3.8) is 0 Å². The zero-order valence-electron chi connectivity index (χ0n) is 21.7. The van der Waals surface area contributed by atoms with E-state index in [-0.39, 0.29) is 18.0 Å². The first-order chi connectivity index (χ1) is 16.5. The number of aliphatic hydroxyl groups is 1. The maximum Gasteiger partial charge on any atom is 0.222 e. The molecule has 3 aromatic rings. The third-order valence-corrected chi connectivity index (χ3v) is 5.36. The fourth-order valence-electron chi connectivity index (χ4n) is 3.92. The number of aliphatic hydroxyl groups excluding tert-OH is 1. The molecule has 0 aliphatic carbocycles. The van der Waals surface area contributed by atoms with Crippen molar-refractivity contribution in [1.82, 2.24) is 14.7 Å². The highest BCUT2D eigenvalue weighted by molar-refractivity contribution is 5.65. The minimum absolute atomic E-state index is 0.144. The Labute approximate surface area is 208 Å². The second kappa shape index (κ2) is 11.8. The molecule has 35 heavy (non-hydrogen) atoms. The lowest BCUT2D eigenvalue weighted by molar-refractivity contribution is -0.0573. The van der Waals surface area contributed by atoms with Crippen LogP contribution in [-0.4, -0.2) is 51.2 Å². The third-order valence-electron chi connectivity index (χ3n) is 5.36. The standard InChI is InChI=1S/C28H38FN3O3/c1-20(2)16-32(17-22(33)19-34-28(3,4)5)18-23-26(21-12-8-7-9-13-21)30-31(6)27(23)35-25-15-11-10-14-24(25)29/h7-15,20,22,33H,16-19H2,1-6H3/t22-/m1/s1. The van der Waals surface area contributed by atoms with Gasteiger partial charge in [-0.05, 0) is 38.8 Å². The summed E-state index contributed by atoms with van der Waals surface area (Å²) in [6, 6.07) is 16.2. The molecule has 0 amide bonds. The molecule has 0 unspecified atom stereocenters. The highest BCUT2D eigenvalue weighted by Gasteiger charge is 2.25. The number of ether oxygens (including phenoxy) is 2. The lowest BCUT2D eigenvalue weighted by Crippen LogP contribution is -2.38. The predicted molar refractivity (Wildman–Crippen MR) is 137 cm³/mol. The summed E-state index contributed by atoms with van der Waals surface area (Å²) in [6.07, 6.45) is -0.652. The van der Waals surface area contributed by atoms with E-state index in [0.29, 0.717) is 24.9 Å². The van der Waals surface area contributed by atoms with Gasteiger partial charge in [0.1, 0.15) is 5.69 Å². The van der Waals surface area contributed by atoms with E-state index in [1.54, 1.807) is 29.9 Å². The lowest BCUT2D eigenvalue weighted by atomic mass is 10.1. The Morgan fingerprint density at radius 2 is 1.69 bits per heavy atom. The summed E-state index contributed by atoms with van der Waals surface area (Å²) in [5, 5.41) is 15.5. The summed E-state index contributed by atoms with van der Waals surface area (Å²) in [4.78, 5) is 2.18. The van der Waals surface area contributed by atoms with Crippen molar-refractivity contribution >= 4 is 0 Å². The first-order valence-corrected chi connectivity index (χ1v) is 12.1. The first-order valence-electron chi connectivity index (χ1n) is 12.1. The Hall–Kier alpha value is -2.74. The molecule has 0 aliphatic heterocycles. The van der Waals surface area contributed by atoms with Gasteiger partial charge in [0, 0.05) is 32.2 Å². The molecule has 0 bridgehead atoms. The summed E-state index contributed by atoms with van der Waals surface area (Å²) in [7, 11) is 1.80. The zero-order valence-corrected chi connectivity index (χ0v) is 21.7. The predicted octanol–water partition coefficient (Wildman–Crippen LogP) is 5.65. The number of halogens is 1. The van der Waals surface area contributed by atoms with Gasteiger partial charge < -0.3 is 14.6 Å². The van der Waals surface area contributed by atoms with Crippen LogP contribution in [0, 0.1) is 11.7 Å². The monoisotopic (exact) mass is 483 g/mol. The summed E-state index contributed by atoms with van der Waals surface area (Å²) < 4.78 is 28.0. The second-order valence-electron chi connectivity index (χ2n) is 10.3. The Morgan fingerprint density at radius 3 is 2.31 bits per heavy atom. The van der Waals surface area contributed by atoms with Gasteiger partial charge in [0.05, 0.1) is 23.9 Å². The Kier molecular flexibility index (Phi) is 9.05. The van der Waals surface area contributed by atoms with E-state index in [1.165, 1.54) is 6.07 Å². The van der Waals surface area contributed by atoms with Crippen LogP contribution in [0.25, 0.3) is 11.3 Å². The molecule has 0 saturated heterocycles. The molecule has 1 heterocycles. The van der Waals surface area contributed by atoms with E-state index in [2.05, 4.69) is 18.7 Å². The van der Waals surface area contributed by atoms with Crippen LogP contribution in [0.4, 0.5) is 4.39 Å². The average Bonchev–Trinajstić information content (AvgIpc) is 3.08. The van der Waals surface area contributed by atoms with Crippen molar-refractivity contribution in [3.05, 3.63) is 66.0 Å². The molecule has 3 rings (SSSR count). The second-order valence-corrected chi connectivity index (χ2v) is 10.3. The zero-order chi connectivity index (χ0) is 25.6. The molecular weight excluding hydrogens is 445 g/mol. The number of benzene rings is 2. The Balaban J connectivity index is 1.96. The summed E-state index contributed by atoms with van der Waals surface area (Å²) >= 11 is 0. The van der Waals surface area contributed by atoms with Gasteiger partial charge in [-0.3, -0.25) is 4.90 Å². The molecule has 0 saturated carbocycles. The van der Waals surface area contributed by atoms with E-state index in [1.807, 2.05) is 51.1 Å². The highest BCUT2D eigenvalue weighted by Crippen LogP contribution is 2.35. The molecule has 190 valence electrons. The highest BCUT2D eigenvalue weighted by atomic mass is 19.1. The summed E-state index contributed by atoms with van der Waals surface area (Å²) in [5.41, 5.74) is 2.23. The molecule has 0 spiro atoms. The summed E-state index contributed by atoms with van der Waals surface area (Å²) in [6.45, 7) is 12.1. The maximum atomic E-state index is 14.4. The molecule has 7 heteroatoms. The van der Waals surface area contributed by atoms with Gasteiger partial charge in [-0.2, -0.15) is 5.10 Å². The molecular formula is C28H38FN3O3. The van der Waals surface area contributed by atoms with E-state index in [4.69, 9.17) is 14.6 Å². The summed E-state index contributed by atoms with van der Waals surface area (Å²) in [5.74, 6) is 0.557. The fourth-order valence-corrected chi connectivity index (χ4v) is 3.92. The first kappa shape index (κ1) is 26.9. The molecule has 0 fully saturated rings. The minimum atomic E-state index is -0.652. The smallest absolute Gasteiger partial charge is 0.222 e. The molecule has 1 N–H and O–H groups in total. The number of aromatic nitrogens is 2. The van der Waals surface area contributed by atoms with Gasteiger partial charge >= 0.3 is 0 Å². The van der Waals surface area contributed by atoms with Crippen LogP contribution in [0.3, 0.4) is 0 Å². The Bertz CT molecular complexity index is 1080. The fraction of sp³-hybridized carbons (Fsp3) is 0.464. The molecule has 1 atom stereocenters. The van der Waals surface area contributed by atoms with Crippen molar-refractivity contribution in [2.45, 2.75) is 52.9 Å². The van der Waals surface area contributed by atoms with Crippen molar-refractivity contribution in [1.29, 1.82) is 0 Å². The maximum absolute atomic E-state index is 14.4. The number of rotatable bonds is 11. The third kappa shape index (κ3) is 7.88. The van der Waals surface area contributed by atoms with Gasteiger partial charge in [0.15, 0.2) is 11.6 Å². The van der Waals surface area contributed by atoms with Crippen LogP contribution in [0.15, 0.2) is 54.6 Å². The number of nitrogens with zero attached hydrogens (tertiary/aromatic N) is 3. The molecule has 0 radical (unpaired) electrons. The van der Waals surface area contributed by atoms with Crippen molar-refractivity contribution in [2.24, 2.45) is 13.0 Å². The molecule has 6 nitrogen and oxygen atoms in total. The lowest BCUT2D eigenvalue weighted by Gasteiger charge is -2.28. The topological polar surface area (TPSA) is 59.8 Å².